The van der Waals surface area contributed by atoms with Crippen LogP contribution in [0.1, 0.15) is 0 Å². The highest BCUT2D eigenvalue weighted by atomic mass is 28.5. The Morgan fingerprint density at radius 2 is 1.31 bits per heavy atom. The van der Waals surface area contributed by atoms with Crippen LogP contribution in [0.5, 0.6) is 0 Å². The summed E-state index contributed by atoms with van der Waals surface area (Å²) in [5.74, 6) is 0. The van der Waals surface area contributed by atoms with Crippen molar-refractivity contribution in [1.82, 2.24) is 0 Å². The van der Waals surface area contributed by atoms with Gasteiger partial charge in [-0.2, -0.15) is 0 Å². The minimum atomic E-state index is -2.43. The highest BCUT2D eigenvalue weighted by molar-refractivity contribution is 6.88. The second kappa shape index (κ2) is 11.1. The van der Waals surface area contributed by atoms with E-state index in [9.17, 15) is 0 Å². The SMILES string of the molecule is C[Si](C)O[Si](C)(CC[Si]1(C)O[SiH](C)O[SiH](C)O[SiH](C)O1)O[Si](C)(C)O[Si](C)(C)C. The Kier molecular flexibility index (Phi) is 10.9. The molecule has 0 spiro atoms. The summed E-state index contributed by atoms with van der Waals surface area (Å²) >= 11 is 0. The molecule has 3 unspecified atom stereocenters. The number of hydrogen-bond donors (Lipinski definition) is 0. The van der Waals surface area contributed by atoms with Gasteiger partial charge in [-0.1, -0.05) is 0 Å². The zero-order chi connectivity index (χ0) is 22.7. The Labute approximate surface area is 189 Å². The van der Waals surface area contributed by atoms with E-state index in [1.54, 1.807) is 0 Å². The van der Waals surface area contributed by atoms with Crippen molar-refractivity contribution in [3.05, 3.63) is 0 Å². The van der Waals surface area contributed by atoms with Crippen molar-refractivity contribution in [3.8, 4) is 0 Å². The first-order valence-electron chi connectivity index (χ1n) is 10.5. The molecule has 1 saturated heterocycles. The van der Waals surface area contributed by atoms with Gasteiger partial charge in [0.1, 0.15) is 0 Å². The maximum atomic E-state index is 6.75. The summed E-state index contributed by atoms with van der Waals surface area (Å²) < 4.78 is 44.7. The van der Waals surface area contributed by atoms with E-state index in [1.807, 2.05) is 0 Å². The molecule has 7 nitrogen and oxygen atoms in total. The largest absolute Gasteiger partial charge is 0.437 e. The fourth-order valence-corrected chi connectivity index (χ4v) is 36.7. The van der Waals surface area contributed by atoms with Crippen LogP contribution in [0.3, 0.4) is 0 Å². The van der Waals surface area contributed by atoms with Crippen molar-refractivity contribution in [2.75, 3.05) is 0 Å². The van der Waals surface area contributed by atoms with Crippen LogP contribution in [0.15, 0.2) is 0 Å². The Morgan fingerprint density at radius 1 is 0.828 bits per heavy atom. The van der Waals surface area contributed by atoms with E-state index in [0.29, 0.717) is 0 Å². The molecule has 0 N–H and O–H groups in total. The summed E-state index contributed by atoms with van der Waals surface area (Å²) in [7, 11) is -14.8. The topological polar surface area (TPSA) is 64.6 Å². The van der Waals surface area contributed by atoms with E-state index < -0.39 is 70.9 Å². The van der Waals surface area contributed by atoms with Crippen LogP contribution in [0.2, 0.25) is 90.7 Å². The molecule has 0 aromatic rings. The van der Waals surface area contributed by atoms with Crippen molar-refractivity contribution in [1.29, 1.82) is 0 Å². The third-order valence-electron chi connectivity index (χ3n) is 4.06. The Hall–Kier alpha value is 1.46. The van der Waals surface area contributed by atoms with Crippen molar-refractivity contribution >= 4 is 70.9 Å². The zero-order valence-corrected chi connectivity index (χ0v) is 29.0. The fourth-order valence-electron chi connectivity index (χ4n) is 3.76. The van der Waals surface area contributed by atoms with Crippen molar-refractivity contribution in [2.45, 2.75) is 90.7 Å². The third kappa shape index (κ3) is 11.8. The van der Waals surface area contributed by atoms with Crippen LogP contribution >= 0.6 is 0 Å². The van der Waals surface area contributed by atoms with Gasteiger partial charge < -0.3 is 28.8 Å². The van der Waals surface area contributed by atoms with Gasteiger partial charge in [0.25, 0.3) is 27.9 Å². The van der Waals surface area contributed by atoms with Crippen LogP contribution in [0.25, 0.3) is 0 Å². The molecule has 1 radical (unpaired) electrons. The lowest BCUT2D eigenvalue weighted by Crippen LogP contribution is -2.57. The molecule has 3 atom stereocenters. The van der Waals surface area contributed by atoms with Crippen molar-refractivity contribution in [2.24, 2.45) is 0 Å². The molecule has 1 aliphatic heterocycles. The van der Waals surface area contributed by atoms with Crippen molar-refractivity contribution in [3.63, 3.8) is 0 Å². The minimum absolute atomic E-state index is 0.847. The van der Waals surface area contributed by atoms with Gasteiger partial charge in [0.15, 0.2) is 17.4 Å². The minimum Gasteiger partial charge on any atom is -0.437 e. The second-order valence-corrected chi connectivity index (χ2v) is 34.0. The fraction of sp³-hybridized carbons (Fsp3) is 1.00. The first kappa shape index (κ1) is 28.5. The van der Waals surface area contributed by atoms with Crippen LogP contribution < -0.4 is 0 Å². The van der Waals surface area contributed by atoms with Gasteiger partial charge in [0.2, 0.25) is 0 Å². The lowest BCUT2D eigenvalue weighted by Gasteiger charge is -2.41. The number of rotatable bonds is 9. The van der Waals surface area contributed by atoms with Gasteiger partial charge in [-0.3, -0.25) is 0 Å². The van der Waals surface area contributed by atoms with Gasteiger partial charge in [-0.05, 0) is 90.7 Å². The van der Waals surface area contributed by atoms with E-state index >= 15 is 0 Å². The molecule has 173 valence electrons. The maximum absolute atomic E-state index is 6.75. The lowest BCUT2D eigenvalue weighted by atomic mass is 10.9. The first-order valence-corrected chi connectivity index (χ1v) is 30.5. The summed E-state index contributed by atoms with van der Waals surface area (Å²) in [6, 6.07) is 1.70. The normalized spacial score (nSPS) is 32.0. The molecule has 1 aliphatic rings. The van der Waals surface area contributed by atoms with E-state index in [0.717, 1.165) is 12.1 Å². The van der Waals surface area contributed by atoms with E-state index in [1.165, 1.54) is 0 Å². The quantitative estimate of drug-likeness (QED) is 0.409. The van der Waals surface area contributed by atoms with Crippen LogP contribution in [-0.4, -0.2) is 70.9 Å². The summed E-state index contributed by atoms with van der Waals surface area (Å²) in [5.41, 5.74) is 0. The molecule has 1 fully saturated rings. The van der Waals surface area contributed by atoms with Gasteiger partial charge >= 0.3 is 25.7 Å². The first-order chi connectivity index (χ1) is 12.9. The molecule has 0 saturated carbocycles. The summed E-state index contributed by atoms with van der Waals surface area (Å²) in [5, 5.41) is 0. The summed E-state index contributed by atoms with van der Waals surface area (Å²) in [6.07, 6.45) is 0. The molecular formula is C14H43O7Si8. The molecule has 0 aromatic carbocycles. The monoisotopic (exact) mass is 547 g/mol. The van der Waals surface area contributed by atoms with Gasteiger partial charge in [-0.25, -0.2) is 0 Å². The van der Waals surface area contributed by atoms with E-state index in [-0.39, 0.29) is 0 Å². The average Bonchev–Trinajstić information content (AvgIpc) is 2.38. The second-order valence-electron chi connectivity index (χ2n) is 9.71. The molecule has 29 heavy (non-hydrogen) atoms. The van der Waals surface area contributed by atoms with Crippen LogP contribution in [0.4, 0.5) is 0 Å². The molecule has 0 aliphatic carbocycles. The Morgan fingerprint density at radius 3 is 1.72 bits per heavy atom. The molecule has 1 heterocycles. The highest BCUT2D eigenvalue weighted by Gasteiger charge is 2.46. The molecule has 0 aromatic heterocycles. The van der Waals surface area contributed by atoms with Crippen molar-refractivity contribution < 1.29 is 28.8 Å². The molecule has 0 bridgehead atoms. The van der Waals surface area contributed by atoms with Crippen LogP contribution in [-0.2, 0) is 28.8 Å². The van der Waals surface area contributed by atoms with Gasteiger partial charge in [0, 0.05) is 0 Å². The van der Waals surface area contributed by atoms with Crippen LogP contribution in [0, 0.1) is 0 Å². The summed E-state index contributed by atoms with van der Waals surface area (Å²) in [4.78, 5) is 0. The summed E-state index contributed by atoms with van der Waals surface area (Å²) in [6.45, 7) is 25.9. The molecule has 1 rings (SSSR count). The van der Waals surface area contributed by atoms with E-state index in [4.69, 9.17) is 28.8 Å². The Bertz CT molecular complexity index is 507. The molecular weight excluding hydrogens is 505 g/mol. The highest BCUT2D eigenvalue weighted by Crippen LogP contribution is 2.30. The van der Waals surface area contributed by atoms with Gasteiger partial charge in [-0.15, -0.1) is 0 Å². The predicted molar refractivity (Wildman–Crippen MR) is 138 cm³/mol. The standard InChI is InChI=1S/C14H43O7Si8/c1-22(2)17-29(12,21-27(9,10)20-26(6,7)8)14-13-28(11)18-24(4)15-23(3)16-25(5)19-28/h23-25H,13-14H2,1-12H3. The third-order valence-corrected chi connectivity index (χ3v) is 31.1. The average molecular weight is 548 g/mol. The van der Waals surface area contributed by atoms with E-state index in [2.05, 4.69) is 78.6 Å². The predicted octanol–water partition coefficient (Wildman–Crippen LogP) is 3.60. The lowest BCUT2D eigenvalue weighted by molar-refractivity contribution is 0.272. The number of hydrogen-bond acceptors (Lipinski definition) is 7. The maximum Gasteiger partial charge on any atom is 0.316 e. The smallest absolute Gasteiger partial charge is 0.316 e. The molecule has 0 amide bonds. The van der Waals surface area contributed by atoms with Gasteiger partial charge in [0.05, 0.1) is 0 Å². The zero-order valence-electron chi connectivity index (χ0n) is 20.5. The molecule has 15 heteroatoms. The Balaban J connectivity index is 2.93.